The minimum absolute atomic E-state index is 0.0188. The summed E-state index contributed by atoms with van der Waals surface area (Å²) in [4.78, 5) is 22.3. The molecule has 194 valence electrons. The van der Waals surface area contributed by atoms with E-state index in [-0.39, 0.29) is 31.5 Å². The van der Waals surface area contributed by atoms with Crippen LogP contribution in [-0.2, 0) is 22.1 Å². The van der Waals surface area contributed by atoms with E-state index in [1.54, 1.807) is 0 Å². The van der Waals surface area contributed by atoms with E-state index in [4.69, 9.17) is 4.74 Å². The highest BCUT2D eigenvalue weighted by Gasteiger charge is 2.36. The summed E-state index contributed by atoms with van der Waals surface area (Å²) in [6, 6.07) is 7.09. The Bertz CT molecular complexity index is 1100. The molecule has 2 bridgehead atoms. The molecule has 4 heterocycles. The second kappa shape index (κ2) is 10.1. The van der Waals surface area contributed by atoms with Gasteiger partial charge in [0, 0.05) is 42.7 Å². The van der Waals surface area contributed by atoms with Crippen LogP contribution in [0.3, 0.4) is 0 Å². The quantitative estimate of drug-likeness (QED) is 0.475. The average Bonchev–Trinajstić information content (AvgIpc) is 3.04. The summed E-state index contributed by atoms with van der Waals surface area (Å²) in [7, 11) is 0. The lowest BCUT2D eigenvalue weighted by Gasteiger charge is -2.35. The van der Waals surface area contributed by atoms with Crippen molar-refractivity contribution in [1.82, 2.24) is 20.6 Å². The maximum Gasteiger partial charge on any atom is 0.421 e. The van der Waals surface area contributed by atoms with Gasteiger partial charge in [0.2, 0.25) is 11.9 Å². The van der Waals surface area contributed by atoms with Crippen molar-refractivity contribution in [2.45, 2.75) is 57.0 Å². The summed E-state index contributed by atoms with van der Waals surface area (Å²) in [5.41, 5.74) is 1.86. The molecule has 0 saturated carbocycles. The van der Waals surface area contributed by atoms with E-state index in [0.717, 1.165) is 42.6 Å². The first-order chi connectivity index (χ1) is 17.3. The molecule has 3 fully saturated rings. The number of aryl methyl sites for hydroxylation is 1. The van der Waals surface area contributed by atoms with Gasteiger partial charge in [-0.3, -0.25) is 4.79 Å². The van der Waals surface area contributed by atoms with E-state index in [2.05, 4.69) is 42.2 Å². The number of nitrogens with one attached hydrogen (secondary N) is 4. The Hall–Kier alpha value is -3.12. The number of anilines is 4. The number of benzene rings is 1. The van der Waals surface area contributed by atoms with Gasteiger partial charge in [-0.1, -0.05) is 6.92 Å². The maximum absolute atomic E-state index is 13.6. The lowest BCUT2D eigenvalue weighted by atomic mass is 10.1. The van der Waals surface area contributed by atoms with Crippen molar-refractivity contribution in [2.75, 3.05) is 41.8 Å². The number of carbonyl (C=O) groups is 1. The maximum atomic E-state index is 13.6. The number of fused-ring (bicyclic) bond motifs is 2. The Kier molecular flexibility index (Phi) is 6.89. The van der Waals surface area contributed by atoms with Crippen molar-refractivity contribution in [3.63, 3.8) is 0 Å². The molecule has 0 radical (unpaired) electrons. The smallest absolute Gasteiger partial charge is 0.377 e. The Morgan fingerprint density at radius 2 is 2.00 bits per heavy atom. The molecule has 4 N–H and O–H groups in total. The first kappa shape index (κ1) is 24.6. The molecule has 9 nitrogen and oxygen atoms in total. The predicted octanol–water partition coefficient (Wildman–Crippen LogP) is 3.02. The molecule has 1 aromatic heterocycles. The zero-order valence-electron chi connectivity index (χ0n) is 20.0. The molecule has 3 aliphatic heterocycles. The van der Waals surface area contributed by atoms with Gasteiger partial charge in [-0.05, 0) is 43.0 Å². The van der Waals surface area contributed by atoms with Crippen molar-refractivity contribution in [2.24, 2.45) is 0 Å². The number of amides is 1. The highest BCUT2D eigenvalue weighted by Crippen LogP contribution is 2.35. The minimum Gasteiger partial charge on any atom is -0.377 e. The predicted molar refractivity (Wildman–Crippen MR) is 129 cm³/mol. The van der Waals surface area contributed by atoms with Crippen LogP contribution in [0.15, 0.2) is 24.4 Å². The Morgan fingerprint density at radius 3 is 2.72 bits per heavy atom. The number of halogens is 3. The fourth-order valence-electron chi connectivity index (χ4n) is 5.00. The zero-order valence-corrected chi connectivity index (χ0v) is 20.0. The fraction of sp³-hybridized carbons (Fsp3) is 0.542. The molecule has 0 aliphatic carbocycles. The molecule has 1 amide bonds. The van der Waals surface area contributed by atoms with E-state index < -0.39 is 23.7 Å². The van der Waals surface area contributed by atoms with Gasteiger partial charge in [-0.25, -0.2) is 4.98 Å². The topological polar surface area (TPSA) is 103 Å². The summed E-state index contributed by atoms with van der Waals surface area (Å²) >= 11 is 0. The molecule has 3 aliphatic rings. The Morgan fingerprint density at radius 1 is 1.22 bits per heavy atom. The van der Waals surface area contributed by atoms with Gasteiger partial charge in [0.25, 0.3) is 0 Å². The van der Waals surface area contributed by atoms with Crippen molar-refractivity contribution < 1.29 is 22.7 Å². The van der Waals surface area contributed by atoms with Gasteiger partial charge in [-0.2, -0.15) is 18.2 Å². The molecule has 3 atom stereocenters. The largest absolute Gasteiger partial charge is 0.421 e. The van der Waals surface area contributed by atoms with Gasteiger partial charge in [0.05, 0.1) is 19.6 Å². The van der Waals surface area contributed by atoms with Gasteiger partial charge in [0.15, 0.2) is 0 Å². The molecule has 0 spiro atoms. The minimum atomic E-state index is -4.67. The lowest BCUT2D eigenvalue weighted by molar-refractivity contribution is -0.137. The van der Waals surface area contributed by atoms with Crippen LogP contribution in [0, 0.1) is 0 Å². The highest BCUT2D eigenvalue weighted by molar-refractivity contribution is 5.77. The third kappa shape index (κ3) is 5.49. The normalized spacial score (nSPS) is 24.3. The summed E-state index contributed by atoms with van der Waals surface area (Å²) in [6.45, 7) is 4.18. The van der Waals surface area contributed by atoms with Crippen LogP contribution in [-0.4, -0.2) is 60.4 Å². The van der Waals surface area contributed by atoms with E-state index in [1.807, 2.05) is 19.1 Å². The molecule has 5 rings (SSSR count). The number of alkyl halides is 3. The molecule has 2 aromatic rings. The van der Waals surface area contributed by atoms with E-state index in [9.17, 15) is 18.0 Å². The third-order valence-corrected chi connectivity index (χ3v) is 6.80. The van der Waals surface area contributed by atoms with Crippen LogP contribution in [0.25, 0.3) is 0 Å². The second-order valence-electron chi connectivity index (χ2n) is 9.41. The van der Waals surface area contributed by atoms with E-state index >= 15 is 0 Å². The van der Waals surface area contributed by atoms with E-state index in [1.165, 1.54) is 12.8 Å². The number of piperazine rings is 1. The number of aromatic nitrogens is 2. The van der Waals surface area contributed by atoms with Crippen molar-refractivity contribution in [3.05, 3.63) is 35.5 Å². The number of ether oxygens (including phenoxy) is 1. The number of nitrogens with zero attached hydrogens (tertiary/aromatic N) is 3. The molecule has 12 heteroatoms. The monoisotopic (exact) mass is 505 g/mol. The van der Waals surface area contributed by atoms with Gasteiger partial charge >= 0.3 is 6.18 Å². The first-order valence-corrected chi connectivity index (χ1v) is 12.3. The van der Waals surface area contributed by atoms with Crippen molar-refractivity contribution in [3.8, 4) is 0 Å². The molecule has 1 unspecified atom stereocenters. The SMILES string of the molecule is CCc1cc(N2C[C@H]3CC[C@@H](C2)N3)ccc1Nc1ncc(C(F)(F)F)c(NC2COCCC(=O)N2)n1. The summed E-state index contributed by atoms with van der Waals surface area (Å²) in [5, 5.41) is 12.0. The number of hydrogen-bond acceptors (Lipinski definition) is 8. The van der Waals surface area contributed by atoms with Gasteiger partial charge < -0.3 is 30.9 Å². The van der Waals surface area contributed by atoms with Crippen molar-refractivity contribution >= 4 is 29.0 Å². The first-order valence-electron chi connectivity index (χ1n) is 12.3. The van der Waals surface area contributed by atoms with Crippen LogP contribution in [0.1, 0.15) is 37.3 Å². The van der Waals surface area contributed by atoms with Gasteiger partial charge in [-0.15, -0.1) is 0 Å². The third-order valence-electron chi connectivity index (χ3n) is 6.80. The second-order valence-corrected chi connectivity index (χ2v) is 9.41. The molecule has 3 saturated heterocycles. The number of carbonyl (C=O) groups excluding carboxylic acids is 1. The Labute approximate surface area is 207 Å². The number of rotatable bonds is 6. The van der Waals surface area contributed by atoms with Crippen LogP contribution in [0.2, 0.25) is 0 Å². The van der Waals surface area contributed by atoms with Crippen LogP contribution < -0.4 is 26.2 Å². The van der Waals surface area contributed by atoms with Crippen LogP contribution in [0.4, 0.5) is 36.3 Å². The van der Waals surface area contributed by atoms with Crippen LogP contribution in [0.5, 0.6) is 0 Å². The van der Waals surface area contributed by atoms with Gasteiger partial charge in [0.1, 0.15) is 17.5 Å². The van der Waals surface area contributed by atoms with Crippen molar-refractivity contribution in [1.29, 1.82) is 0 Å². The van der Waals surface area contributed by atoms with Crippen LogP contribution >= 0.6 is 0 Å². The number of hydrogen-bond donors (Lipinski definition) is 4. The van der Waals surface area contributed by atoms with E-state index in [0.29, 0.717) is 12.1 Å². The average molecular weight is 506 g/mol. The molecule has 1 aromatic carbocycles. The highest BCUT2D eigenvalue weighted by atomic mass is 19.4. The lowest BCUT2D eigenvalue weighted by Crippen LogP contribution is -2.51. The molecule has 36 heavy (non-hydrogen) atoms. The molecular formula is C24H30F3N7O2. The molecular weight excluding hydrogens is 475 g/mol. The Balaban J connectivity index is 1.37. The standard InChI is InChI=1S/C24H30F3N7O2/c1-2-14-9-17(34-11-15-3-4-16(12-34)29-15)5-6-19(14)30-23-28-10-18(24(25,26)27)22(33-23)32-20-13-36-8-7-21(35)31-20/h5-6,9-10,15-16,20,29H,2-4,7-8,11-13H2,1H3,(H,31,35)(H2,28,30,32,33)/t15-,16+,20?. The summed E-state index contributed by atoms with van der Waals surface area (Å²) < 4.78 is 46.3. The summed E-state index contributed by atoms with van der Waals surface area (Å²) in [5.74, 6) is -0.716. The fourth-order valence-corrected chi connectivity index (χ4v) is 5.00. The summed E-state index contributed by atoms with van der Waals surface area (Å²) in [6.07, 6.45) is -1.51. The zero-order chi connectivity index (χ0) is 25.3.